The Balaban J connectivity index is 2.15. The summed E-state index contributed by atoms with van der Waals surface area (Å²) >= 11 is 3.35. The number of pyridine rings is 1. The van der Waals surface area contributed by atoms with Crippen LogP contribution in [0.1, 0.15) is 26.3 Å². The number of halogens is 1. The minimum atomic E-state index is -1.57. The number of carbonyl (C=O) groups is 2. The van der Waals surface area contributed by atoms with Gasteiger partial charge in [0.1, 0.15) is 29.3 Å². The van der Waals surface area contributed by atoms with Gasteiger partial charge in [0.25, 0.3) is 5.56 Å². The zero-order valence-electron chi connectivity index (χ0n) is 14.8. The Morgan fingerprint density at radius 1 is 1.03 bits per heavy atom. The number of aromatic nitrogens is 1. The van der Waals surface area contributed by atoms with Gasteiger partial charge in [-0.3, -0.25) is 4.79 Å². The maximum absolute atomic E-state index is 12.2. The second-order valence-electron chi connectivity index (χ2n) is 6.02. The second-order valence-corrected chi connectivity index (χ2v) is 6.88. The van der Waals surface area contributed by atoms with E-state index >= 15 is 0 Å². The van der Waals surface area contributed by atoms with Crippen LogP contribution in [0, 0.1) is 0 Å². The third-order valence-corrected chi connectivity index (χ3v) is 4.78. The van der Waals surface area contributed by atoms with Crippen molar-refractivity contribution in [2.24, 2.45) is 0 Å². The maximum Gasteiger partial charge on any atom is 0.342 e. The first-order chi connectivity index (χ1) is 13.8. The van der Waals surface area contributed by atoms with E-state index in [-0.39, 0.29) is 17.7 Å². The molecule has 29 heavy (non-hydrogen) atoms. The molecular weight excluding hydrogens is 444 g/mol. The molecule has 0 radical (unpaired) electrons. The number of rotatable bonds is 6. The van der Waals surface area contributed by atoms with Gasteiger partial charge in [-0.05, 0) is 39.2 Å². The number of H-pyrrole nitrogens is 1. The molecule has 9 heteroatoms. The molecule has 0 saturated heterocycles. The molecule has 0 aliphatic carbocycles. The number of benzene rings is 2. The quantitative estimate of drug-likeness (QED) is 0.443. The molecule has 8 nitrogen and oxygen atoms in total. The van der Waals surface area contributed by atoms with Crippen molar-refractivity contribution in [1.29, 1.82) is 0 Å². The lowest BCUT2D eigenvalue weighted by Gasteiger charge is -2.14. The van der Waals surface area contributed by atoms with Crippen molar-refractivity contribution in [3.05, 3.63) is 80.0 Å². The lowest BCUT2D eigenvalue weighted by Crippen LogP contribution is -2.24. The summed E-state index contributed by atoms with van der Waals surface area (Å²) in [5.41, 5.74) is 4.24. The predicted octanol–water partition coefficient (Wildman–Crippen LogP) is 3.36. The van der Waals surface area contributed by atoms with Crippen LogP contribution in [0.15, 0.2) is 57.8 Å². The van der Waals surface area contributed by atoms with E-state index in [9.17, 15) is 24.6 Å². The summed E-state index contributed by atoms with van der Waals surface area (Å²) in [6, 6.07) is 13.9. The number of carboxylic acid groups (broad SMARTS) is 2. The minimum Gasteiger partial charge on any atom is -0.488 e. The summed E-state index contributed by atoms with van der Waals surface area (Å²) in [6.07, 6.45) is 0. The predicted molar refractivity (Wildman–Crippen MR) is 109 cm³/mol. The third-order valence-electron chi connectivity index (χ3n) is 4.13. The first-order valence-corrected chi connectivity index (χ1v) is 9.08. The van der Waals surface area contributed by atoms with Gasteiger partial charge in [0.2, 0.25) is 0 Å². The lowest BCUT2D eigenvalue weighted by molar-refractivity contribution is 0.0695. The summed E-state index contributed by atoms with van der Waals surface area (Å²) in [4.78, 5) is 37.6. The molecule has 0 atom stereocenters. The standard InChI is InChI=1S/C20H15BrN2O6/c21-12-7-6-11(8-13(12)29-9-10-4-2-1-3-5-10)14-15(19(25)26)17(22)23-18(24)16(14)20(27)28/h1-8H,9H2,(H,25,26)(H,27,28)(H3,22,23,24). The second kappa shape index (κ2) is 8.19. The smallest absolute Gasteiger partial charge is 0.342 e. The van der Waals surface area contributed by atoms with Gasteiger partial charge >= 0.3 is 11.9 Å². The normalized spacial score (nSPS) is 10.5. The van der Waals surface area contributed by atoms with Crippen LogP contribution in [0.3, 0.4) is 0 Å². The number of nitrogens with two attached hydrogens (primary N) is 1. The first-order valence-electron chi connectivity index (χ1n) is 8.28. The highest BCUT2D eigenvalue weighted by Crippen LogP contribution is 2.35. The van der Waals surface area contributed by atoms with Crippen molar-refractivity contribution in [1.82, 2.24) is 4.98 Å². The molecule has 3 aromatic rings. The average Bonchev–Trinajstić information content (AvgIpc) is 2.67. The Morgan fingerprint density at radius 3 is 2.31 bits per heavy atom. The number of aromatic amines is 1. The van der Waals surface area contributed by atoms with Gasteiger partial charge in [-0.25, -0.2) is 9.59 Å². The topological polar surface area (TPSA) is 143 Å². The fourth-order valence-electron chi connectivity index (χ4n) is 2.84. The number of hydrogen-bond donors (Lipinski definition) is 4. The molecule has 0 fully saturated rings. The van der Waals surface area contributed by atoms with E-state index in [1.165, 1.54) is 12.1 Å². The SMILES string of the molecule is Nc1[nH]c(=O)c(C(=O)O)c(-c2ccc(Br)c(OCc3ccccc3)c2)c1C(=O)O. The van der Waals surface area contributed by atoms with Crippen molar-refractivity contribution in [2.45, 2.75) is 6.61 Å². The van der Waals surface area contributed by atoms with Gasteiger partial charge in [0.05, 0.1) is 4.47 Å². The van der Waals surface area contributed by atoms with Gasteiger partial charge in [0, 0.05) is 5.56 Å². The van der Waals surface area contributed by atoms with Gasteiger partial charge < -0.3 is 25.7 Å². The molecule has 0 amide bonds. The number of nitrogen functional groups attached to an aromatic ring is 1. The molecule has 0 bridgehead atoms. The van der Waals surface area contributed by atoms with Crippen LogP contribution in [0.5, 0.6) is 5.75 Å². The van der Waals surface area contributed by atoms with Crippen LogP contribution < -0.4 is 16.0 Å². The zero-order chi connectivity index (χ0) is 21.1. The third kappa shape index (κ3) is 4.14. The summed E-state index contributed by atoms with van der Waals surface area (Å²) < 4.78 is 6.36. The van der Waals surface area contributed by atoms with Gasteiger partial charge in [-0.2, -0.15) is 0 Å². The Kier molecular flexibility index (Phi) is 5.69. The highest BCUT2D eigenvalue weighted by molar-refractivity contribution is 9.10. The summed E-state index contributed by atoms with van der Waals surface area (Å²) in [5.74, 6) is -3.13. The Morgan fingerprint density at radius 2 is 1.69 bits per heavy atom. The molecule has 0 saturated carbocycles. The van der Waals surface area contributed by atoms with Crippen molar-refractivity contribution in [3.8, 4) is 16.9 Å². The van der Waals surface area contributed by atoms with Crippen LogP contribution in [-0.2, 0) is 6.61 Å². The fraction of sp³-hybridized carbons (Fsp3) is 0.0500. The molecule has 3 rings (SSSR count). The van der Waals surface area contributed by atoms with E-state index in [0.29, 0.717) is 10.2 Å². The fourth-order valence-corrected chi connectivity index (χ4v) is 3.20. The van der Waals surface area contributed by atoms with E-state index in [0.717, 1.165) is 5.56 Å². The highest BCUT2D eigenvalue weighted by atomic mass is 79.9. The largest absolute Gasteiger partial charge is 0.488 e. The number of ether oxygens (including phenoxy) is 1. The zero-order valence-corrected chi connectivity index (χ0v) is 16.4. The Labute approximate surface area is 172 Å². The minimum absolute atomic E-state index is 0.170. The van der Waals surface area contributed by atoms with Crippen LogP contribution in [0.25, 0.3) is 11.1 Å². The number of nitrogens with one attached hydrogen (secondary N) is 1. The Hall–Kier alpha value is -3.59. The highest BCUT2D eigenvalue weighted by Gasteiger charge is 2.27. The van der Waals surface area contributed by atoms with Crippen LogP contribution in [-0.4, -0.2) is 27.1 Å². The van der Waals surface area contributed by atoms with E-state index in [4.69, 9.17) is 10.5 Å². The molecule has 1 heterocycles. The van der Waals surface area contributed by atoms with Crippen molar-refractivity contribution >= 4 is 33.7 Å². The van der Waals surface area contributed by atoms with Gasteiger partial charge in [0.15, 0.2) is 0 Å². The van der Waals surface area contributed by atoms with E-state index in [1.807, 2.05) is 30.3 Å². The Bertz CT molecular complexity index is 1160. The molecule has 1 aromatic heterocycles. The summed E-state index contributed by atoms with van der Waals surface area (Å²) in [7, 11) is 0. The molecule has 0 aliphatic rings. The van der Waals surface area contributed by atoms with E-state index < -0.39 is 34.4 Å². The molecule has 0 unspecified atom stereocenters. The molecule has 148 valence electrons. The lowest BCUT2D eigenvalue weighted by atomic mass is 9.95. The van der Waals surface area contributed by atoms with E-state index in [1.54, 1.807) is 6.07 Å². The van der Waals surface area contributed by atoms with Crippen molar-refractivity contribution in [2.75, 3.05) is 5.73 Å². The van der Waals surface area contributed by atoms with Crippen molar-refractivity contribution < 1.29 is 24.5 Å². The monoisotopic (exact) mass is 458 g/mol. The molecule has 5 N–H and O–H groups in total. The number of carboxylic acids is 2. The summed E-state index contributed by atoms with van der Waals surface area (Å²) in [5, 5.41) is 19.0. The number of aromatic carboxylic acids is 2. The van der Waals surface area contributed by atoms with Crippen LogP contribution >= 0.6 is 15.9 Å². The van der Waals surface area contributed by atoms with Crippen LogP contribution in [0.2, 0.25) is 0 Å². The molecule has 0 aliphatic heterocycles. The first kappa shape index (κ1) is 20.2. The van der Waals surface area contributed by atoms with Crippen molar-refractivity contribution in [3.63, 3.8) is 0 Å². The maximum atomic E-state index is 12.2. The number of hydrogen-bond acceptors (Lipinski definition) is 5. The molecule has 2 aromatic carbocycles. The number of anilines is 1. The molecule has 0 spiro atoms. The molecular formula is C20H15BrN2O6. The van der Waals surface area contributed by atoms with Crippen LogP contribution in [0.4, 0.5) is 5.82 Å². The van der Waals surface area contributed by atoms with Gasteiger partial charge in [-0.15, -0.1) is 0 Å². The van der Waals surface area contributed by atoms with E-state index in [2.05, 4.69) is 20.9 Å². The average molecular weight is 459 g/mol. The summed E-state index contributed by atoms with van der Waals surface area (Å²) in [6.45, 7) is 0.234. The van der Waals surface area contributed by atoms with Gasteiger partial charge in [-0.1, -0.05) is 36.4 Å².